The van der Waals surface area contributed by atoms with Gasteiger partial charge in [0.25, 0.3) is 0 Å². The number of hydrogen-bond donors (Lipinski definition) is 0. The molecule has 8 aromatic rings. The van der Waals surface area contributed by atoms with Gasteiger partial charge in [-0.05, 0) is 111 Å². The van der Waals surface area contributed by atoms with E-state index in [4.69, 9.17) is 0 Å². The second kappa shape index (κ2) is 11.4. The molecule has 4 aliphatic carbocycles. The van der Waals surface area contributed by atoms with E-state index in [9.17, 15) is 0 Å². The van der Waals surface area contributed by atoms with Crippen molar-refractivity contribution >= 4 is 38.3 Å². The zero-order valence-electron chi connectivity index (χ0n) is 29.6. The summed E-state index contributed by atoms with van der Waals surface area (Å²) >= 11 is 0. The smallest absolute Gasteiger partial charge is 0.0212 e. The van der Waals surface area contributed by atoms with Crippen LogP contribution in [0.2, 0.25) is 0 Å². The van der Waals surface area contributed by atoms with Crippen molar-refractivity contribution in [3.8, 4) is 44.5 Å². The van der Waals surface area contributed by atoms with Gasteiger partial charge in [0.1, 0.15) is 0 Å². The highest BCUT2D eigenvalue weighted by molar-refractivity contribution is 6.23. The second-order valence-electron chi connectivity index (χ2n) is 15.0. The Morgan fingerprint density at radius 1 is 0.333 bits per heavy atom. The summed E-state index contributed by atoms with van der Waals surface area (Å²) in [5.41, 5.74) is 21.8. The average molecular weight is 683 g/mol. The Kier molecular flexibility index (Phi) is 6.27. The maximum atomic E-state index is 2.56. The van der Waals surface area contributed by atoms with Crippen LogP contribution in [0.15, 0.2) is 200 Å². The van der Waals surface area contributed by atoms with Crippen molar-refractivity contribution in [1.29, 1.82) is 0 Å². The quantitative estimate of drug-likeness (QED) is 0.173. The zero-order chi connectivity index (χ0) is 35.3. The fourth-order valence-electron chi connectivity index (χ4n) is 10.4. The third-order valence-electron chi connectivity index (χ3n) is 12.4. The summed E-state index contributed by atoms with van der Waals surface area (Å²) in [5, 5.41) is 5.24. The molecule has 2 atom stereocenters. The molecule has 0 saturated carbocycles. The van der Waals surface area contributed by atoms with Crippen LogP contribution in [0.5, 0.6) is 0 Å². The van der Waals surface area contributed by atoms with Crippen LogP contribution in [0.25, 0.3) is 82.8 Å². The van der Waals surface area contributed by atoms with Gasteiger partial charge >= 0.3 is 0 Å². The van der Waals surface area contributed by atoms with Gasteiger partial charge in [0.2, 0.25) is 0 Å². The predicted octanol–water partition coefficient (Wildman–Crippen LogP) is 14.2. The van der Waals surface area contributed by atoms with E-state index in [1.165, 1.54) is 111 Å². The van der Waals surface area contributed by atoms with Gasteiger partial charge in [-0.1, -0.05) is 194 Å². The van der Waals surface area contributed by atoms with Gasteiger partial charge in [0.15, 0.2) is 0 Å². The van der Waals surface area contributed by atoms with E-state index in [2.05, 4.69) is 194 Å². The molecule has 0 bridgehead atoms. The van der Waals surface area contributed by atoms with Crippen molar-refractivity contribution in [1.82, 2.24) is 0 Å². The van der Waals surface area contributed by atoms with Gasteiger partial charge in [0, 0.05) is 11.8 Å². The molecule has 0 saturated heterocycles. The first-order chi connectivity index (χ1) is 26.9. The molecule has 54 heavy (non-hydrogen) atoms. The molecule has 0 nitrogen and oxygen atoms in total. The Labute approximate surface area is 315 Å². The summed E-state index contributed by atoms with van der Waals surface area (Å²) in [4.78, 5) is 0. The highest BCUT2D eigenvalue weighted by Gasteiger charge is 2.49. The Hall–Kier alpha value is -6.76. The summed E-state index contributed by atoms with van der Waals surface area (Å²) in [6.45, 7) is 0. The fourth-order valence-corrected chi connectivity index (χ4v) is 10.4. The lowest BCUT2D eigenvalue weighted by atomic mass is 9.73. The van der Waals surface area contributed by atoms with Crippen LogP contribution in [0.4, 0.5) is 0 Å². The van der Waals surface area contributed by atoms with Gasteiger partial charge in [-0.15, -0.1) is 0 Å². The van der Waals surface area contributed by atoms with Crippen LogP contribution in [-0.2, 0) is 0 Å². The lowest BCUT2D eigenvalue weighted by Gasteiger charge is -2.29. The maximum Gasteiger partial charge on any atom is 0.0212 e. The Morgan fingerprint density at radius 3 is 1.24 bits per heavy atom. The molecule has 0 heterocycles. The first kappa shape index (κ1) is 29.8. The molecular formula is C54H34. The largest absolute Gasteiger partial charge is 0.0754 e. The Morgan fingerprint density at radius 2 is 0.741 bits per heavy atom. The molecule has 0 amide bonds. The SMILES string of the molecule is C1=CC2c3c(c(-c4ccccc4)c4ccccc4c3-c3ccccc3)C3=CC=C4C(=C1c1c4c(-c4ccccc4)c4ccccc4c1-c1ccccc1)C32. The Bertz CT molecular complexity index is 2990. The fraction of sp³-hybridized carbons (Fsp3) is 0.0370. The minimum Gasteiger partial charge on any atom is -0.0754 e. The van der Waals surface area contributed by atoms with Gasteiger partial charge in [-0.2, -0.15) is 0 Å². The average Bonchev–Trinajstić information content (AvgIpc) is 3.75. The molecule has 12 rings (SSSR count). The maximum absolute atomic E-state index is 2.56. The van der Waals surface area contributed by atoms with Crippen molar-refractivity contribution in [2.45, 2.75) is 5.92 Å². The molecule has 4 aliphatic rings. The molecular weight excluding hydrogens is 649 g/mol. The molecule has 0 N–H and O–H groups in total. The van der Waals surface area contributed by atoms with Gasteiger partial charge < -0.3 is 0 Å². The van der Waals surface area contributed by atoms with Crippen LogP contribution in [-0.4, -0.2) is 0 Å². The van der Waals surface area contributed by atoms with Crippen molar-refractivity contribution in [2.75, 3.05) is 0 Å². The predicted molar refractivity (Wildman–Crippen MR) is 228 cm³/mol. The third-order valence-corrected chi connectivity index (χ3v) is 12.4. The van der Waals surface area contributed by atoms with E-state index in [0.29, 0.717) is 0 Å². The van der Waals surface area contributed by atoms with Crippen LogP contribution >= 0.6 is 0 Å². The summed E-state index contributed by atoms with van der Waals surface area (Å²) in [7, 11) is 0. The van der Waals surface area contributed by atoms with Gasteiger partial charge in [0.05, 0.1) is 0 Å². The molecule has 0 aliphatic heterocycles. The number of benzene rings is 8. The molecule has 8 aromatic carbocycles. The number of rotatable bonds is 4. The van der Waals surface area contributed by atoms with E-state index in [1.54, 1.807) is 0 Å². The van der Waals surface area contributed by atoms with Crippen LogP contribution in [0.3, 0.4) is 0 Å². The molecule has 0 fully saturated rings. The van der Waals surface area contributed by atoms with Gasteiger partial charge in [-0.3, -0.25) is 0 Å². The lowest BCUT2D eigenvalue weighted by Crippen LogP contribution is -2.14. The first-order valence-corrected chi connectivity index (χ1v) is 19.1. The summed E-state index contributed by atoms with van der Waals surface area (Å²) in [6, 6.07) is 62.6. The molecule has 0 radical (unpaired) electrons. The van der Waals surface area contributed by atoms with Gasteiger partial charge in [-0.25, -0.2) is 0 Å². The minimum absolute atomic E-state index is 0.208. The normalized spacial score (nSPS) is 17.3. The second-order valence-corrected chi connectivity index (χ2v) is 15.0. The molecule has 0 aromatic heterocycles. The van der Waals surface area contributed by atoms with Crippen molar-refractivity contribution in [3.63, 3.8) is 0 Å². The highest BCUT2D eigenvalue weighted by atomic mass is 14.5. The summed E-state index contributed by atoms with van der Waals surface area (Å²) in [5.74, 6) is 0.421. The number of hydrogen-bond acceptors (Lipinski definition) is 0. The van der Waals surface area contributed by atoms with E-state index < -0.39 is 0 Å². The monoisotopic (exact) mass is 682 g/mol. The zero-order valence-corrected chi connectivity index (χ0v) is 29.6. The molecule has 0 spiro atoms. The lowest BCUT2D eigenvalue weighted by molar-refractivity contribution is 0.733. The van der Waals surface area contributed by atoms with Crippen molar-refractivity contribution in [2.24, 2.45) is 5.92 Å². The molecule has 2 unspecified atom stereocenters. The van der Waals surface area contributed by atoms with Crippen LogP contribution < -0.4 is 0 Å². The first-order valence-electron chi connectivity index (χ1n) is 19.1. The van der Waals surface area contributed by atoms with E-state index in [0.717, 1.165) is 0 Å². The summed E-state index contributed by atoms with van der Waals surface area (Å²) < 4.78 is 0. The number of allylic oxidation sites excluding steroid dienone is 8. The molecule has 0 heteroatoms. The van der Waals surface area contributed by atoms with E-state index >= 15 is 0 Å². The van der Waals surface area contributed by atoms with Crippen molar-refractivity contribution < 1.29 is 0 Å². The van der Waals surface area contributed by atoms with Crippen molar-refractivity contribution in [3.05, 3.63) is 222 Å². The van der Waals surface area contributed by atoms with Crippen LogP contribution in [0.1, 0.15) is 28.2 Å². The van der Waals surface area contributed by atoms with Crippen LogP contribution in [0, 0.1) is 5.92 Å². The third kappa shape index (κ3) is 3.98. The highest BCUT2D eigenvalue weighted by Crippen LogP contribution is 2.67. The topological polar surface area (TPSA) is 0 Å². The minimum atomic E-state index is 0.208. The van der Waals surface area contributed by atoms with E-state index in [-0.39, 0.29) is 11.8 Å². The summed E-state index contributed by atoms with van der Waals surface area (Å²) in [6.07, 6.45) is 10.0. The Balaban J connectivity index is 1.22. The van der Waals surface area contributed by atoms with E-state index in [1.807, 2.05) is 0 Å². The standard InChI is InChI=1S/C54H34/c1-5-17-33(18-6-1)45-37-25-13-14-26-38(37)46(34-19-7-2-8-20-34)52-42-31-32-44-50-43(30-29-41(49(42)50)51(45)52)53-47(35-21-9-3-10-22-35)39-27-15-16-28-40(39)48(54(44)53)36-23-11-4-12-24-36/h1-32,41,49H. The molecule has 250 valence electrons. The number of fused-ring (bicyclic) bond motifs is 8.